The van der Waals surface area contributed by atoms with E-state index in [1.807, 2.05) is 36.4 Å². The van der Waals surface area contributed by atoms with Crippen molar-refractivity contribution >= 4 is 29.1 Å². The Balaban J connectivity index is 1.63. The molecule has 0 saturated carbocycles. The van der Waals surface area contributed by atoms with E-state index in [1.165, 1.54) is 18.3 Å². The second kappa shape index (κ2) is 10.7. The molecule has 1 aromatic heterocycles. The Bertz CT molecular complexity index is 1010. The van der Waals surface area contributed by atoms with Gasteiger partial charge in [-0.2, -0.15) is 13.2 Å². The van der Waals surface area contributed by atoms with Gasteiger partial charge in [-0.15, -0.1) is 0 Å². The summed E-state index contributed by atoms with van der Waals surface area (Å²) in [5.41, 5.74) is 2.19. The van der Waals surface area contributed by atoms with Gasteiger partial charge in [0.05, 0.1) is 5.56 Å². The number of hydrogen-bond donors (Lipinski definition) is 1. The molecule has 0 spiro atoms. The Morgan fingerprint density at radius 2 is 1.62 bits per heavy atom. The molecule has 1 N–H and O–H groups in total. The number of aromatic nitrogens is 1. The van der Waals surface area contributed by atoms with E-state index in [-0.39, 0.29) is 17.4 Å². The number of nitrogens with one attached hydrogen (secondary N) is 1. The maximum atomic E-state index is 12.4. The lowest BCUT2D eigenvalue weighted by Gasteiger charge is -2.19. The smallest absolute Gasteiger partial charge is 0.422 e. The first-order valence-corrected chi connectivity index (χ1v) is 10.4. The average Bonchev–Trinajstić information content (AvgIpc) is 2.75. The summed E-state index contributed by atoms with van der Waals surface area (Å²) in [5, 5.41) is 4.03. The first kappa shape index (κ1) is 23.9. The van der Waals surface area contributed by atoms with Crippen LogP contribution in [0.1, 0.15) is 33.8 Å². The molecular weight excluding hydrogens is 464 g/mol. The lowest BCUT2D eigenvalue weighted by molar-refractivity contribution is -0.154. The summed E-state index contributed by atoms with van der Waals surface area (Å²) in [6, 6.07) is 17.6. The molecule has 0 atom stereocenters. The highest BCUT2D eigenvalue weighted by Gasteiger charge is 2.28. The van der Waals surface area contributed by atoms with E-state index in [4.69, 9.17) is 23.2 Å². The second-order valence-corrected chi connectivity index (χ2v) is 7.87. The molecule has 168 valence electrons. The number of benzene rings is 2. The average molecular weight is 483 g/mol. The second-order valence-electron chi connectivity index (χ2n) is 7.00. The molecule has 1 amide bonds. The lowest BCUT2D eigenvalue weighted by Crippen LogP contribution is -2.26. The van der Waals surface area contributed by atoms with Gasteiger partial charge < -0.3 is 10.1 Å². The van der Waals surface area contributed by atoms with Gasteiger partial charge in [-0.1, -0.05) is 47.5 Å². The molecule has 4 nitrogen and oxygen atoms in total. The monoisotopic (exact) mass is 482 g/mol. The van der Waals surface area contributed by atoms with Crippen LogP contribution in [0, 0.1) is 0 Å². The van der Waals surface area contributed by atoms with Crippen LogP contribution in [-0.2, 0) is 0 Å². The number of rotatable bonds is 8. The van der Waals surface area contributed by atoms with Gasteiger partial charge in [0.25, 0.3) is 5.91 Å². The van der Waals surface area contributed by atoms with Crippen LogP contribution in [0.2, 0.25) is 10.0 Å². The number of alkyl halides is 3. The summed E-state index contributed by atoms with van der Waals surface area (Å²) in [6.07, 6.45) is -2.71. The minimum atomic E-state index is -4.46. The summed E-state index contributed by atoms with van der Waals surface area (Å²) in [4.78, 5) is 16.2. The van der Waals surface area contributed by atoms with E-state index >= 15 is 0 Å². The summed E-state index contributed by atoms with van der Waals surface area (Å²) in [5.74, 6) is -0.652. The zero-order chi connectivity index (χ0) is 23.1. The maximum absolute atomic E-state index is 12.4. The van der Waals surface area contributed by atoms with Crippen LogP contribution in [0.5, 0.6) is 5.88 Å². The van der Waals surface area contributed by atoms with Gasteiger partial charge in [-0.3, -0.25) is 4.79 Å². The van der Waals surface area contributed by atoms with Crippen molar-refractivity contribution in [1.29, 1.82) is 0 Å². The van der Waals surface area contributed by atoms with Crippen molar-refractivity contribution < 1.29 is 22.7 Å². The van der Waals surface area contributed by atoms with Crippen LogP contribution >= 0.6 is 23.2 Å². The highest BCUT2D eigenvalue weighted by atomic mass is 35.5. The molecule has 32 heavy (non-hydrogen) atoms. The topological polar surface area (TPSA) is 51.2 Å². The van der Waals surface area contributed by atoms with Gasteiger partial charge >= 0.3 is 6.18 Å². The molecule has 0 aliphatic rings. The normalized spacial score (nSPS) is 11.4. The first-order valence-electron chi connectivity index (χ1n) is 9.66. The summed E-state index contributed by atoms with van der Waals surface area (Å²) >= 11 is 12.3. The van der Waals surface area contributed by atoms with Crippen LogP contribution in [0.15, 0.2) is 66.9 Å². The van der Waals surface area contributed by atoms with Crippen LogP contribution in [0.3, 0.4) is 0 Å². The van der Waals surface area contributed by atoms with Crippen LogP contribution in [0.25, 0.3) is 0 Å². The molecule has 0 unspecified atom stereocenters. The number of carbonyl (C=O) groups is 1. The standard InChI is InChI=1S/C23H19Cl2F3N2O2/c24-18-5-1-3-15(11-18)20(16-4-2-6-19(25)12-16)9-10-29-22(31)17-7-8-21(30-13-17)32-14-23(26,27)28/h1-8,11-13,20H,9-10,14H2,(H,29,31). The van der Waals surface area contributed by atoms with Gasteiger partial charge in [-0.25, -0.2) is 4.98 Å². The highest BCUT2D eigenvalue weighted by molar-refractivity contribution is 6.31. The van der Waals surface area contributed by atoms with Crippen molar-refractivity contribution in [2.75, 3.05) is 13.2 Å². The fourth-order valence-electron chi connectivity index (χ4n) is 3.16. The first-order chi connectivity index (χ1) is 15.2. The number of ether oxygens (including phenoxy) is 1. The van der Waals surface area contributed by atoms with Gasteiger partial charge in [0.2, 0.25) is 5.88 Å². The van der Waals surface area contributed by atoms with Crippen molar-refractivity contribution in [2.24, 2.45) is 0 Å². The predicted molar refractivity (Wildman–Crippen MR) is 117 cm³/mol. The highest BCUT2D eigenvalue weighted by Crippen LogP contribution is 2.30. The number of halogens is 5. The van der Waals surface area contributed by atoms with Crippen molar-refractivity contribution in [3.63, 3.8) is 0 Å². The Morgan fingerprint density at radius 3 is 2.12 bits per heavy atom. The Hall–Kier alpha value is -2.77. The number of nitrogens with zero attached hydrogens (tertiary/aromatic N) is 1. The zero-order valence-electron chi connectivity index (χ0n) is 16.7. The molecule has 0 aliphatic carbocycles. The number of hydrogen-bond acceptors (Lipinski definition) is 3. The fraction of sp³-hybridized carbons (Fsp3) is 0.217. The van der Waals surface area contributed by atoms with Crippen LogP contribution < -0.4 is 10.1 Å². The summed E-state index contributed by atoms with van der Waals surface area (Å²) < 4.78 is 41.2. The SMILES string of the molecule is O=C(NCCC(c1cccc(Cl)c1)c1cccc(Cl)c1)c1ccc(OCC(F)(F)F)nc1. The lowest BCUT2D eigenvalue weighted by atomic mass is 9.88. The third-order valence-electron chi connectivity index (χ3n) is 4.60. The van der Waals surface area contributed by atoms with Crippen molar-refractivity contribution in [3.8, 4) is 5.88 Å². The number of carbonyl (C=O) groups excluding carboxylic acids is 1. The molecule has 9 heteroatoms. The Kier molecular flexibility index (Phi) is 7.99. The quantitative estimate of drug-likeness (QED) is 0.410. The minimum absolute atomic E-state index is 0.0519. The van der Waals surface area contributed by atoms with E-state index in [0.29, 0.717) is 23.0 Å². The molecule has 1 heterocycles. The maximum Gasteiger partial charge on any atom is 0.422 e. The summed E-state index contributed by atoms with van der Waals surface area (Å²) in [7, 11) is 0. The molecule has 0 fully saturated rings. The minimum Gasteiger partial charge on any atom is -0.468 e. The zero-order valence-corrected chi connectivity index (χ0v) is 18.2. The van der Waals surface area contributed by atoms with E-state index in [2.05, 4.69) is 15.0 Å². The van der Waals surface area contributed by atoms with E-state index in [1.54, 1.807) is 12.1 Å². The molecule has 0 saturated heterocycles. The number of amides is 1. The van der Waals surface area contributed by atoms with Gasteiger partial charge in [-0.05, 0) is 47.9 Å². The summed E-state index contributed by atoms with van der Waals surface area (Å²) in [6.45, 7) is -1.10. The largest absolute Gasteiger partial charge is 0.468 e. The Morgan fingerprint density at radius 1 is 1.00 bits per heavy atom. The third kappa shape index (κ3) is 7.14. The molecular formula is C23H19Cl2F3N2O2. The van der Waals surface area contributed by atoms with E-state index in [0.717, 1.165) is 11.1 Å². The Labute approximate surface area is 193 Å². The van der Waals surface area contributed by atoms with Gasteiger partial charge in [0.1, 0.15) is 0 Å². The van der Waals surface area contributed by atoms with Crippen LogP contribution in [0.4, 0.5) is 13.2 Å². The fourth-order valence-corrected chi connectivity index (χ4v) is 3.56. The van der Waals surface area contributed by atoms with Crippen molar-refractivity contribution in [3.05, 3.63) is 93.6 Å². The molecule has 0 bridgehead atoms. The molecule has 3 rings (SSSR count). The van der Waals surface area contributed by atoms with Gasteiger partial charge in [0, 0.05) is 34.8 Å². The third-order valence-corrected chi connectivity index (χ3v) is 5.07. The van der Waals surface area contributed by atoms with Crippen molar-refractivity contribution in [1.82, 2.24) is 10.3 Å². The van der Waals surface area contributed by atoms with E-state index in [9.17, 15) is 18.0 Å². The predicted octanol–water partition coefficient (Wildman–Crippen LogP) is 6.28. The van der Waals surface area contributed by atoms with Crippen molar-refractivity contribution in [2.45, 2.75) is 18.5 Å². The van der Waals surface area contributed by atoms with Gasteiger partial charge in [0.15, 0.2) is 6.61 Å². The van der Waals surface area contributed by atoms with E-state index < -0.39 is 18.7 Å². The molecule has 0 aliphatic heterocycles. The molecule has 2 aromatic carbocycles. The number of pyridine rings is 1. The molecule has 0 radical (unpaired) electrons. The molecule has 3 aromatic rings. The van der Waals surface area contributed by atoms with Crippen LogP contribution in [-0.4, -0.2) is 30.2 Å².